The molecule has 4 heterocycles. The van der Waals surface area contributed by atoms with Gasteiger partial charge < -0.3 is 9.40 Å². The van der Waals surface area contributed by atoms with Crippen molar-refractivity contribution in [3.05, 3.63) is 52.8 Å². The van der Waals surface area contributed by atoms with Gasteiger partial charge in [-0.2, -0.15) is 0 Å². The van der Waals surface area contributed by atoms with Gasteiger partial charge in [0.05, 0.1) is 17.0 Å². The summed E-state index contributed by atoms with van der Waals surface area (Å²) in [7, 11) is 0. The van der Waals surface area contributed by atoms with Crippen molar-refractivity contribution in [1.29, 1.82) is 0 Å². The largest absolute Gasteiger partial charge is 0.387 e. The van der Waals surface area contributed by atoms with E-state index >= 15 is 0 Å². The highest BCUT2D eigenvalue weighted by atomic mass is 35.5. The summed E-state index contributed by atoms with van der Waals surface area (Å²) in [6.45, 7) is 2.90. The van der Waals surface area contributed by atoms with Gasteiger partial charge in [-0.1, -0.05) is 35.0 Å². The summed E-state index contributed by atoms with van der Waals surface area (Å²) in [5.41, 5.74) is 3.73. The molecule has 0 saturated carbocycles. The molecule has 26 heavy (non-hydrogen) atoms. The Balaban J connectivity index is 1.45. The summed E-state index contributed by atoms with van der Waals surface area (Å²) in [4.78, 5) is 10.6. The molecule has 0 aromatic carbocycles. The fourth-order valence-corrected chi connectivity index (χ4v) is 4.19. The number of hydrogen-bond donors (Lipinski definition) is 1. The molecule has 0 aliphatic carbocycles. The average Bonchev–Trinajstić information content (AvgIpc) is 3.39. The van der Waals surface area contributed by atoms with Crippen molar-refractivity contribution in [2.75, 3.05) is 5.88 Å². The van der Waals surface area contributed by atoms with Gasteiger partial charge in [-0.25, -0.2) is 4.98 Å². The van der Waals surface area contributed by atoms with Gasteiger partial charge >= 0.3 is 0 Å². The SMILES string of the molecule is CCn1c(SCN2C=C(c3ccnc(Cl)c3)ON2)nnc1-c1cccs1. The van der Waals surface area contributed by atoms with Crippen LogP contribution in [-0.4, -0.2) is 30.6 Å². The van der Waals surface area contributed by atoms with Gasteiger partial charge in [0.15, 0.2) is 16.7 Å². The topological polar surface area (TPSA) is 68.1 Å². The van der Waals surface area contributed by atoms with Crippen molar-refractivity contribution < 1.29 is 4.84 Å². The highest BCUT2D eigenvalue weighted by molar-refractivity contribution is 7.99. The minimum Gasteiger partial charge on any atom is -0.387 e. The van der Waals surface area contributed by atoms with E-state index in [1.54, 1.807) is 35.4 Å². The van der Waals surface area contributed by atoms with Crippen molar-refractivity contribution >= 4 is 40.5 Å². The first-order chi connectivity index (χ1) is 12.7. The third-order valence-corrected chi connectivity index (χ3v) is 5.70. The van der Waals surface area contributed by atoms with E-state index in [-0.39, 0.29) is 0 Å². The summed E-state index contributed by atoms with van der Waals surface area (Å²) >= 11 is 9.17. The maximum absolute atomic E-state index is 5.93. The smallest absolute Gasteiger partial charge is 0.193 e. The van der Waals surface area contributed by atoms with Crippen LogP contribution in [0.2, 0.25) is 5.15 Å². The van der Waals surface area contributed by atoms with E-state index in [4.69, 9.17) is 16.4 Å². The third kappa shape index (κ3) is 3.56. The third-order valence-electron chi connectivity index (χ3n) is 3.66. The van der Waals surface area contributed by atoms with E-state index in [0.29, 0.717) is 16.8 Å². The minimum atomic E-state index is 0.428. The van der Waals surface area contributed by atoms with E-state index in [1.165, 1.54) is 0 Å². The van der Waals surface area contributed by atoms with Gasteiger partial charge in [0.2, 0.25) is 0 Å². The molecule has 3 aromatic heterocycles. The van der Waals surface area contributed by atoms with Crippen molar-refractivity contribution in [3.8, 4) is 10.7 Å². The second-order valence-corrected chi connectivity index (χ2v) is 7.57. The number of nitrogens with one attached hydrogen (secondary N) is 1. The maximum atomic E-state index is 5.93. The van der Waals surface area contributed by atoms with Gasteiger partial charge in [0, 0.05) is 18.3 Å². The zero-order valence-electron chi connectivity index (χ0n) is 13.8. The van der Waals surface area contributed by atoms with Gasteiger partial charge in [-0.05, 0) is 30.5 Å². The normalized spacial score (nSPS) is 13.8. The molecule has 4 rings (SSSR count). The highest BCUT2D eigenvalue weighted by Crippen LogP contribution is 2.28. The predicted molar refractivity (Wildman–Crippen MR) is 103 cm³/mol. The second-order valence-electron chi connectivity index (χ2n) is 5.32. The molecule has 0 fully saturated rings. The van der Waals surface area contributed by atoms with Crippen LogP contribution >= 0.6 is 34.7 Å². The molecule has 1 aliphatic rings. The predicted octanol–water partition coefficient (Wildman–Crippen LogP) is 3.87. The molecule has 10 heteroatoms. The van der Waals surface area contributed by atoms with Crippen molar-refractivity contribution in [3.63, 3.8) is 0 Å². The summed E-state index contributed by atoms with van der Waals surface area (Å²) in [6, 6.07) is 7.68. The zero-order chi connectivity index (χ0) is 17.9. The molecule has 0 saturated heterocycles. The van der Waals surface area contributed by atoms with Crippen LogP contribution in [0.25, 0.3) is 16.5 Å². The summed E-state index contributed by atoms with van der Waals surface area (Å²) in [6.07, 6.45) is 3.53. The molecule has 3 aromatic rings. The van der Waals surface area contributed by atoms with Crippen LogP contribution in [0, 0.1) is 0 Å². The fraction of sp³-hybridized carbons (Fsp3) is 0.188. The van der Waals surface area contributed by atoms with Crippen LogP contribution in [0.15, 0.2) is 47.2 Å². The number of aromatic nitrogens is 4. The number of hydrazine groups is 1. The fourth-order valence-electron chi connectivity index (χ4n) is 2.45. The van der Waals surface area contributed by atoms with Crippen LogP contribution in [0.4, 0.5) is 0 Å². The van der Waals surface area contributed by atoms with Gasteiger partial charge in [-0.3, -0.25) is 5.01 Å². The molecule has 0 radical (unpaired) electrons. The van der Waals surface area contributed by atoms with Crippen LogP contribution in [0.5, 0.6) is 0 Å². The van der Waals surface area contributed by atoms with E-state index < -0.39 is 0 Å². The van der Waals surface area contributed by atoms with E-state index in [1.807, 2.05) is 28.7 Å². The van der Waals surface area contributed by atoms with E-state index in [2.05, 4.69) is 38.3 Å². The number of pyridine rings is 1. The number of halogens is 1. The molecule has 1 aliphatic heterocycles. The number of nitrogens with zero attached hydrogens (tertiary/aromatic N) is 5. The van der Waals surface area contributed by atoms with Gasteiger partial charge in [-0.15, -0.1) is 21.5 Å². The number of rotatable bonds is 6. The molecule has 134 valence electrons. The average molecular weight is 407 g/mol. The van der Waals surface area contributed by atoms with Crippen LogP contribution in [0.3, 0.4) is 0 Å². The molecular formula is C16H15ClN6OS2. The molecule has 0 amide bonds. The lowest BCUT2D eigenvalue weighted by Crippen LogP contribution is -2.27. The number of thioether (sulfide) groups is 1. The Labute approximate surface area is 163 Å². The minimum absolute atomic E-state index is 0.428. The van der Waals surface area contributed by atoms with Gasteiger partial charge in [0.25, 0.3) is 0 Å². The lowest BCUT2D eigenvalue weighted by atomic mass is 10.2. The van der Waals surface area contributed by atoms with Crippen LogP contribution < -0.4 is 5.59 Å². The Bertz CT molecular complexity index is 927. The first kappa shape index (κ1) is 17.3. The Kier molecular flexibility index (Phi) is 5.11. The number of hydrogen-bond acceptors (Lipinski definition) is 8. The quantitative estimate of drug-likeness (QED) is 0.492. The van der Waals surface area contributed by atoms with E-state index in [0.717, 1.165) is 28.0 Å². The first-order valence-electron chi connectivity index (χ1n) is 7.87. The lowest BCUT2D eigenvalue weighted by molar-refractivity contribution is 0.0607. The summed E-state index contributed by atoms with van der Waals surface area (Å²) in [5, 5.41) is 13.9. The molecule has 0 unspecified atom stereocenters. The molecule has 0 bridgehead atoms. The molecular weight excluding hydrogens is 392 g/mol. The molecule has 0 spiro atoms. The molecule has 1 N–H and O–H groups in total. The Morgan fingerprint density at radius 3 is 3.04 bits per heavy atom. The van der Waals surface area contributed by atoms with E-state index in [9.17, 15) is 0 Å². The number of thiophene rings is 1. The van der Waals surface area contributed by atoms with Crippen molar-refractivity contribution in [2.45, 2.75) is 18.6 Å². The summed E-state index contributed by atoms with van der Waals surface area (Å²) < 4.78 is 2.11. The first-order valence-corrected chi connectivity index (χ1v) is 10.1. The van der Waals surface area contributed by atoms with Crippen LogP contribution in [-0.2, 0) is 11.4 Å². The molecule has 7 nitrogen and oxygen atoms in total. The Morgan fingerprint density at radius 1 is 1.35 bits per heavy atom. The van der Waals surface area contributed by atoms with Crippen molar-refractivity contribution in [2.24, 2.45) is 0 Å². The van der Waals surface area contributed by atoms with Gasteiger partial charge in [0.1, 0.15) is 5.15 Å². The monoisotopic (exact) mass is 406 g/mol. The standard InChI is InChI=1S/C16H15ClN6OS2/c1-2-23-15(13-4-3-7-25-13)19-20-16(23)26-10-22-9-12(24-21-22)11-5-6-18-14(17)8-11/h3-9,21H,2,10H2,1H3. The summed E-state index contributed by atoms with van der Waals surface area (Å²) in [5.74, 6) is 2.20. The second kappa shape index (κ2) is 7.67. The van der Waals surface area contributed by atoms with Crippen LogP contribution in [0.1, 0.15) is 12.5 Å². The maximum Gasteiger partial charge on any atom is 0.193 e. The Morgan fingerprint density at radius 2 is 2.27 bits per heavy atom. The van der Waals surface area contributed by atoms with Crippen molar-refractivity contribution in [1.82, 2.24) is 30.3 Å². The molecule has 0 atom stereocenters. The lowest BCUT2D eigenvalue weighted by Gasteiger charge is -2.13. The highest BCUT2D eigenvalue weighted by Gasteiger charge is 2.18. The zero-order valence-corrected chi connectivity index (χ0v) is 16.2. The Hall–Kier alpha value is -2.07.